The van der Waals surface area contributed by atoms with Gasteiger partial charge in [0.1, 0.15) is 0 Å². The Kier molecular flexibility index (Phi) is 1.54. The van der Waals surface area contributed by atoms with Gasteiger partial charge in [0.2, 0.25) is 11.3 Å². The van der Waals surface area contributed by atoms with Gasteiger partial charge in [-0.3, -0.25) is 0 Å². The predicted molar refractivity (Wildman–Crippen MR) is 44.4 cm³/mol. The first-order valence-corrected chi connectivity index (χ1v) is 3.73. The van der Waals surface area contributed by atoms with E-state index in [1.807, 2.05) is 0 Å². The predicted octanol–water partition coefficient (Wildman–Crippen LogP) is 0.317. The second-order valence-electron chi connectivity index (χ2n) is 1.96. The highest BCUT2D eigenvalue weighted by molar-refractivity contribution is 9.10. The van der Waals surface area contributed by atoms with Crippen LogP contribution in [-0.4, -0.2) is 20.3 Å². The van der Waals surface area contributed by atoms with E-state index in [0.717, 1.165) is 0 Å². The van der Waals surface area contributed by atoms with Gasteiger partial charge in [0.05, 0.1) is 0 Å². The third kappa shape index (κ3) is 0.961. The molecule has 2 aromatic heterocycles. The normalized spacial score (nSPS) is 10.4. The number of anilines is 2. The van der Waals surface area contributed by atoms with Crippen molar-refractivity contribution in [1.29, 1.82) is 0 Å². The standard InChI is InChI=1S/C4H3BrN6O/c5-9-2-1(6)7-3-4(8-2)11-12-10-3/h(H2,6,7,10)(H,8,9,11). The number of halogens is 1. The van der Waals surface area contributed by atoms with E-state index in [4.69, 9.17) is 5.73 Å². The lowest BCUT2D eigenvalue weighted by Gasteiger charge is -1.97. The van der Waals surface area contributed by atoms with Crippen LogP contribution in [-0.2, 0) is 0 Å². The van der Waals surface area contributed by atoms with E-state index in [1.165, 1.54) is 0 Å². The molecule has 0 amide bonds. The van der Waals surface area contributed by atoms with Gasteiger partial charge >= 0.3 is 0 Å². The van der Waals surface area contributed by atoms with E-state index < -0.39 is 0 Å². The lowest BCUT2D eigenvalue weighted by atomic mass is 10.6. The molecule has 0 saturated carbocycles. The average Bonchev–Trinajstić information content (AvgIpc) is 2.49. The number of rotatable bonds is 1. The summed E-state index contributed by atoms with van der Waals surface area (Å²) in [7, 11) is 0. The molecule has 62 valence electrons. The summed E-state index contributed by atoms with van der Waals surface area (Å²) in [4.78, 5) is 7.80. The molecule has 2 rings (SSSR count). The lowest BCUT2D eigenvalue weighted by molar-refractivity contribution is 0.314. The van der Waals surface area contributed by atoms with Crippen LogP contribution in [0.15, 0.2) is 4.63 Å². The van der Waals surface area contributed by atoms with Crippen LogP contribution in [0.4, 0.5) is 11.6 Å². The minimum atomic E-state index is 0.232. The quantitative estimate of drug-likeness (QED) is 0.681. The van der Waals surface area contributed by atoms with Gasteiger partial charge in [-0.15, -0.1) is 0 Å². The monoisotopic (exact) mass is 230 g/mol. The molecule has 0 radical (unpaired) electrons. The molecule has 8 heteroatoms. The Morgan fingerprint density at radius 2 is 1.92 bits per heavy atom. The van der Waals surface area contributed by atoms with E-state index in [-0.39, 0.29) is 5.82 Å². The molecule has 0 bridgehead atoms. The third-order valence-electron chi connectivity index (χ3n) is 1.23. The Morgan fingerprint density at radius 3 is 2.58 bits per heavy atom. The van der Waals surface area contributed by atoms with Crippen LogP contribution in [0, 0.1) is 0 Å². The van der Waals surface area contributed by atoms with Crippen molar-refractivity contribution in [2.75, 3.05) is 10.1 Å². The topological polar surface area (TPSA) is 103 Å². The maximum Gasteiger partial charge on any atom is 0.245 e. The van der Waals surface area contributed by atoms with Gasteiger partial charge < -0.3 is 10.1 Å². The van der Waals surface area contributed by atoms with Crippen molar-refractivity contribution in [1.82, 2.24) is 20.3 Å². The Morgan fingerprint density at radius 1 is 1.25 bits per heavy atom. The van der Waals surface area contributed by atoms with E-state index >= 15 is 0 Å². The van der Waals surface area contributed by atoms with Gasteiger partial charge in [-0.1, -0.05) is 0 Å². The van der Waals surface area contributed by atoms with Crippen LogP contribution in [0.1, 0.15) is 0 Å². The largest absolute Gasteiger partial charge is 0.381 e. The Bertz CT molecular complexity index is 413. The number of fused-ring (bicyclic) bond motifs is 1. The molecule has 2 aromatic rings. The first-order valence-electron chi connectivity index (χ1n) is 2.93. The number of hydrogen-bond donors (Lipinski definition) is 2. The molecule has 0 aliphatic carbocycles. The zero-order valence-corrected chi connectivity index (χ0v) is 7.24. The molecule has 3 N–H and O–H groups in total. The summed E-state index contributed by atoms with van der Waals surface area (Å²) in [6, 6.07) is 0. The zero-order valence-electron chi connectivity index (χ0n) is 5.65. The molecule has 0 spiro atoms. The molecular formula is C4H3BrN6O. The van der Waals surface area contributed by atoms with Crippen molar-refractivity contribution in [3.05, 3.63) is 0 Å². The first-order chi connectivity index (χ1) is 5.81. The van der Waals surface area contributed by atoms with Crippen molar-refractivity contribution in [2.24, 2.45) is 0 Å². The number of nitrogens with zero attached hydrogens (tertiary/aromatic N) is 4. The maximum atomic E-state index is 5.48. The van der Waals surface area contributed by atoms with Crippen LogP contribution in [0.5, 0.6) is 0 Å². The second kappa shape index (κ2) is 2.55. The number of nitrogen functional groups attached to an aromatic ring is 1. The summed E-state index contributed by atoms with van der Waals surface area (Å²) in [6.45, 7) is 0. The molecule has 0 aliphatic heterocycles. The first kappa shape index (κ1) is 7.22. The number of nitrogens with one attached hydrogen (secondary N) is 1. The molecule has 2 heterocycles. The van der Waals surface area contributed by atoms with Crippen LogP contribution in [0.2, 0.25) is 0 Å². The molecule has 0 aliphatic rings. The van der Waals surface area contributed by atoms with Crippen LogP contribution < -0.4 is 10.1 Å². The number of hydrogen-bond acceptors (Lipinski definition) is 7. The SMILES string of the molecule is Nc1nc2nonc2nc1NBr. The molecule has 0 unspecified atom stereocenters. The number of nitrogens with two attached hydrogens (primary N) is 1. The molecular weight excluding hydrogens is 228 g/mol. The fourth-order valence-corrected chi connectivity index (χ4v) is 1.01. The highest BCUT2D eigenvalue weighted by Crippen LogP contribution is 2.16. The molecule has 0 atom stereocenters. The van der Waals surface area contributed by atoms with Gasteiger partial charge in [0.25, 0.3) is 0 Å². The summed E-state index contributed by atoms with van der Waals surface area (Å²) in [5.74, 6) is 0.619. The lowest BCUT2D eigenvalue weighted by Crippen LogP contribution is -1.98. The van der Waals surface area contributed by atoms with Crippen LogP contribution >= 0.6 is 16.1 Å². The van der Waals surface area contributed by atoms with Crippen molar-refractivity contribution in [3.8, 4) is 0 Å². The highest BCUT2D eigenvalue weighted by atomic mass is 79.9. The minimum absolute atomic E-state index is 0.232. The van der Waals surface area contributed by atoms with E-state index in [0.29, 0.717) is 17.1 Å². The fraction of sp³-hybridized carbons (Fsp3) is 0. The Hall–Kier alpha value is -1.44. The Balaban J connectivity index is 2.73. The van der Waals surface area contributed by atoms with Gasteiger partial charge in [-0.2, -0.15) is 0 Å². The summed E-state index contributed by atoms with van der Waals surface area (Å²) >= 11 is 2.97. The highest BCUT2D eigenvalue weighted by Gasteiger charge is 2.08. The molecule has 7 nitrogen and oxygen atoms in total. The van der Waals surface area contributed by atoms with Gasteiger partial charge in [-0.25, -0.2) is 14.6 Å². The van der Waals surface area contributed by atoms with E-state index in [1.54, 1.807) is 0 Å². The number of aromatic nitrogens is 4. The average molecular weight is 231 g/mol. The molecule has 0 saturated heterocycles. The summed E-state index contributed by atoms with van der Waals surface area (Å²) in [5, 5.41) is 6.96. The van der Waals surface area contributed by atoms with Gasteiger partial charge in [0.15, 0.2) is 11.6 Å². The Labute approximate surface area is 74.7 Å². The van der Waals surface area contributed by atoms with E-state index in [9.17, 15) is 0 Å². The van der Waals surface area contributed by atoms with Crippen molar-refractivity contribution < 1.29 is 4.63 Å². The van der Waals surface area contributed by atoms with E-state index in [2.05, 4.69) is 45.4 Å². The summed E-state index contributed by atoms with van der Waals surface area (Å²) < 4.78 is 6.98. The van der Waals surface area contributed by atoms with Crippen LogP contribution in [0.3, 0.4) is 0 Å². The maximum absolute atomic E-state index is 5.48. The smallest absolute Gasteiger partial charge is 0.245 e. The second-order valence-corrected chi connectivity index (χ2v) is 2.36. The summed E-state index contributed by atoms with van der Waals surface area (Å²) in [6.07, 6.45) is 0. The van der Waals surface area contributed by atoms with Crippen LogP contribution in [0.25, 0.3) is 11.3 Å². The van der Waals surface area contributed by atoms with Crippen molar-refractivity contribution >= 4 is 39.1 Å². The molecule has 12 heavy (non-hydrogen) atoms. The zero-order chi connectivity index (χ0) is 8.55. The fourth-order valence-electron chi connectivity index (χ4n) is 0.720. The van der Waals surface area contributed by atoms with Crippen molar-refractivity contribution in [2.45, 2.75) is 0 Å². The molecule has 0 aromatic carbocycles. The minimum Gasteiger partial charge on any atom is -0.381 e. The summed E-state index contributed by atoms with van der Waals surface area (Å²) in [5.41, 5.74) is 6.08. The van der Waals surface area contributed by atoms with Gasteiger partial charge in [-0.05, 0) is 10.3 Å². The van der Waals surface area contributed by atoms with Crippen molar-refractivity contribution in [3.63, 3.8) is 0 Å². The molecule has 0 fully saturated rings. The van der Waals surface area contributed by atoms with Gasteiger partial charge in [0, 0.05) is 16.1 Å². The third-order valence-corrected chi connectivity index (χ3v) is 1.61.